The average molecular weight is 686 g/mol. The summed E-state index contributed by atoms with van der Waals surface area (Å²) in [5, 5.41) is 7.89. The van der Waals surface area contributed by atoms with Crippen LogP contribution in [0.4, 0.5) is 10.5 Å². The van der Waals surface area contributed by atoms with Gasteiger partial charge in [-0.15, -0.1) is 0 Å². The number of rotatable bonds is 8. The molecule has 9 heteroatoms. The normalized spacial score (nSPS) is 19.0. The molecule has 0 spiro atoms. The van der Waals surface area contributed by atoms with Crippen molar-refractivity contribution in [1.82, 2.24) is 14.5 Å². The lowest BCUT2D eigenvalue weighted by Gasteiger charge is -2.34. The molecule has 3 aliphatic rings. The summed E-state index contributed by atoms with van der Waals surface area (Å²) in [5.74, 6) is 0.370. The van der Waals surface area contributed by atoms with Crippen molar-refractivity contribution in [2.24, 2.45) is 9.78 Å². The third-order valence-electron chi connectivity index (χ3n) is 10.8. The molecule has 2 heterocycles. The number of urea groups is 1. The molecule has 1 aromatic heterocycles. The molecule has 256 valence electrons. The van der Waals surface area contributed by atoms with Crippen molar-refractivity contribution < 1.29 is 13.7 Å². The Bertz CT molecular complexity index is 2050. The molecule has 0 saturated carbocycles. The predicted molar refractivity (Wildman–Crippen MR) is 197 cm³/mol. The maximum absolute atomic E-state index is 16.1. The maximum atomic E-state index is 16.1. The molecule has 2 atom stereocenters. The molecule has 1 unspecified atom stereocenters. The fourth-order valence-corrected chi connectivity index (χ4v) is 9.77. The number of benzene rings is 4. The molecule has 5 aromatic rings. The van der Waals surface area contributed by atoms with E-state index in [2.05, 4.69) is 35.1 Å². The number of nitrogens with zero attached hydrogens (tertiary/aromatic N) is 3. The van der Waals surface area contributed by atoms with E-state index in [-0.39, 0.29) is 10.3 Å². The van der Waals surface area contributed by atoms with E-state index in [1.165, 1.54) is 22.3 Å². The Morgan fingerprint density at radius 2 is 1.42 bits per heavy atom. The lowest BCUT2D eigenvalue weighted by Crippen LogP contribution is -2.39. The molecule has 1 aliphatic heterocycles. The highest BCUT2D eigenvalue weighted by atomic mass is 32.2. The zero-order valence-electron chi connectivity index (χ0n) is 28.7. The summed E-state index contributed by atoms with van der Waals surface area (Å²) in [6, 6.07) is 31.4. The van der Waals surface area contributed by atoms with Gasteiger partial charge in [-0.05, 0) is 83.9 Å². The van der Waals surface area contributed by atoms with Crippen LogP contribution in [0.1, 0.15) is 72.1 Å². The van der Waals surface area contributed by atoms with Crippen LogP contribution < -0.4 is 14.8 Å². The number of carbonyl (C=O) groups is 1. The fraction of sp³-hybridized carbons (Fsp3) is 0.317. The van der Waals surface area contributed by atoms with Crippen LogP contribution in [0.2, 0.25) is 0 Å². The second kappa shape index (κ2) is 12.8. The van der Waals surface area contributed by atoms with Gasteiger partial charge >= 0.3 is 6.03 Å². The second-order valence-corrected chi connectivity index (χ2v) is 16.0. The molecule has 2 N–H and O–H groups in total. The van der Waals surface area contributed by atoms with Crippen molar-refractivity contribution in [2.45, 2.75) is 75.8 Å². The van der Waals surface area contributed by atoms with Crippen molar-refractivity contribution >= 4 is 21.6 Å². The monoisotopic (exact) mass is 685 g/mol. The summed E-state index contributed by atoms with van der Waals surface area (Å²) in [7, 11) is -3.80. The molecule has 2 aliphatic carbocycles. The minimum Gasteiger partial charge on any atom is -0.476 e. The highest BCUT2D eigenvalue weighted by Gasteiger charge is 2.42. The molecule has 0 saturated heterocycles. The summed E-state index contributed by atoms with van der Waals surface area (Å²) in [6.45, 7) is 5.33. The summed E-state index contributed by atoms with van der Waals surface area (Å²) in [6.07, 6.45) is 8.43. The first-order chi connectivity index (χ1) is 24.3. The summed E-state index contributed by atoms with van der Waals surface area (Å²) in [4.78, 5) is 14.7. The van der Waals surface area contributed by atoms with E-state index in [0.717, 1.165) is 67.3 Å². The highest BCUT2D eigenvalue weighted by molar-refractivity contribution is 7.92. The van der Waals surface area contributed by atoms with Gasteiger partial charge in [-0.2, -0.15) is 9.46 Å². The zero-order chi connectivity index (χ0) is 34.3. The highest BCUT2D eigenvalue weighted by Crippen LogP contribution is 2.44. The molecule has 8 rings (SSSR count). The third kappa shape index (κ3) is 5.57. The van der Waals surface area contributed by atoms with E-state index in [9.17, 15) is 4.79 Å². The standard InChI is InChI=1S/C41H43N5O3S/c1-3-40(2)27-46-38(49-28-40)36(26-42-46)50(48,44-39(47)43-37-34-23-13-15-29(34)25-30-16-14-24-35(30)37)45-41(31-17-7-4-8-18-31,32-19-9-5-10-20-32)33-21-11-6-12-22-33/h4-12,17-22,25-26H,3,13-16,23-24,27-28H2,1-2H3,(H2,43,44,45,47,48)/t40-,50?/m1/s1. The molecular weight excluding hydrogens is 643 g/mol. The Labute approximate surface area is 294 Å². The van der Waals surface area contributed by atoms with E-state index in [0.29, 0.717) is 19.0 Å². The molecule has 0 fully saturated rings. The summed E-state index contributed by atoms with van der Waals surface area (Å²) in [5.41, 5.74) is 6.91. The van der Waals surface area contributed by atoms with E-state index in [1.807, 2.05) is 91.0 Å². The molecule has 8 nitrogen and oxygen atoms in total. The Hall–Kier alpha value is -4.89. The van der Waals surface area contributed by atoms with Crippen LogP contribution in [0, 0.1) is 5.41 Å². The Balaban J connectivity index is 1.34. The first kappa shape index (κ1) is 32.3. The van der Waals surface area contributed by atoms with Crippen LogP contribution in [0.5, 0.6) is 5.88 Å². The number of amides is 2. The van der Waals surface area contributed by atoms with Gasteiger partial charge in [-0.3, -0.25) is 0 Å². The van der Waals surface area contributed by atoms with Gasteiger partial charge in [0.2, 0.25) is 5.88 Å². The number of carbonyl (C=O) groups excluding carboxylic acids is 1. The van der Waals surface area contributed by atoms with E-state index in [1.54, 1.807) is 10.9 Å². The maximum Gasteiger partial charge on any atom is 0.331 e. The van der Waals surface area contributed by atoms with Crippen molar-refractivity contribution in [2.75, 3.05) is 11.9 Å². The summed E-state index contributed by atoms with van der Waals surface area (Å²) < 4.78 is 32.6. The minimum absolute atomic E-state index is 0.130. The van der Waals surface area contributed by atoms with Crippen molar-refractivity contribution in [3.8, 4) is 5.88 Å². The molecular formula is C41H43N5O3S. The van der Waals surface area contributed by atoms with Crippen molar-refractivity contribution in [1.29, 1.82) is 0 Å². The number of aryl methyl sites for hydroxylation is 2. The molecule has 4 aromatic carbocycles. The third-order valence-corrected chi connectivity index (χ3v) is 12.7. The largest absolute Gasteiger partial charge is 0.476 e. The Kier molecular flexibility index (Phi) is 8.26. The first-order valence-corrected chi connectivity index (χ1v) is 19.2. The lowest BCUT2D eigenvalue weighted by molar-refractivity contribution is 0.0783. The molecule has 2 amide bonds. The smallest absolute Gasteiger partial charge is 0.331 e. The molecule has 0 bridgehead atoms. The van der Waals surface area contributed by atoms with Crippen LogP contribution in [-0.4, -0.2) is 26.6 Å². The van der Waals surface area contributed by atoms with Gasteiger partial charge in [0.15, 0.2) is 9.92 Å². The van der Waals surface area contributed by atoms with Crippen LogP contribution in [-0.2, 0) is 47.7 Å². The second-order valence-electron chi connectivity index (χ2n) is 14.1. The van der Waals surface area contributed by atoms with Crippen LogP contribution in [0.15, 0.2) is 113 Å². The number of hydrogen-bond acceptors (Lipinski definition) is 5. The quantitative estimate of drug-likeness (QED) is 0.161. The fourth-order valence-electron chi connectivity index (χ4n) is 7.92. The van der Waals surface area contributed by atoms with Gasteiger partial charge in [-0.25, -0.2) is 18.4 Å². The molecule has 50 heavy (non-hydrogen) atoms. The Morgan fingerprint density at radius 3 is 1.94 bits per heavy atom. The van der Waals surface area contributed by atoms with Gasteiger partial charge in [0.25, 0.3) is 0 Å². The zero-order valence-corrected chi connectivity index (χ0v) is 29.5. The van der Waals surface area contributed by atoms with Gasteiger partial charge in [0.05, 0.1) is 19.3 Å². The van der Waals surface area contributed by atoms with Crippen molar-refractivity contribution in [3.63, 3.8) is 0 Å². The SMILES string of the molecule is CC[C@@]1(C)COc2c(S(=O)(=NC(c3ccccc3)(c3ccccc3)c3ccccc3)NC(=O)Nc3c4c(cc5c3CCC5)CCC4)cnn2C1. The number of anilines is 1. The number of fused-ring (bicyclic) bond motifs is 3. The van der Waals surface area contributed by atoms with Crippen LogP contribution in [0.3, 0.4) is 0 Å². The van der Waals surface area contributed by atoms with Crippen LogP contribution in [0.25, 0.3) is 0 Å². The van der Waals surface area contributed by atoms with E-state index >= 15 is 4.21 Å². The van der Waals surface area contributed by atoms with Crippen molar-refractivity contribution in [3.05, 3.63) is 142 Å². The minimum atomic E-state index is -3.80. The number of nitrogens with one attached hydrogen (secondary N) is 2. The number of hydrogen-bond donors (Lipinski definition) is 2. The summed E-state index contributed by atoms with van der Waals surface area (Å²) >= 11 is 0. The predicted octanol–water partition coefficient (Wildman–Crippen LogP) is 8.22. The van der Waals surface area contributed by atoms with Gasteiger partial charge in [0, 0.05) is 11.1 Å². The van der Waals surface area contributed by atoms with Gasteiger partial charge < -0.3 is 10.1 Å². The topological polar surface area (TPSA) is 97.6 Å². The lowest BCUT2D eigenvalue weighted by atomic mass is 9.78. The van der Waals surface area contributed by atoms with E-state index < -0.39 is 21.5 Å². The van der Waals surface area contributed by atoms with Gasteiger partial charge in [0.1, 0.15) is 10.4 Å². The number of ether oxygens (including phenoxy) is 1. The van der Waals surface area contributed by atoms with Gasteiger partial charge in [-0.1, -0.05) is 111 Å². The first-order valence-electron chi connectivity index (χ1n) is 17.7. The van der Waals surface area contributed by atoms with E-state index in [4.69, 9.17) is 9.10 Å². The van der Waals surface area contributed by atoms with Crippen LogP contribution >= 0.6 is 0 Å². The number of aromatic nitrogens is 2. The Morgan fingerprint density at radius 1 is 0.880 bits per heavy atom. The molecule has 0 radical (unpaired) electrons. The average Bonchev–Trinajstić information content (AvgIpc) is 3.92.